The number of aromatic nitrogens is 4. The Kier molecular flexibility index (Phi) is 5.00. The first kappa shape index (κ1) is 15.6. The first-order chi connectivity index (χ1) is 10.0. The zero-order chi connectivity index (χ0) is 15.4. The van der Waals surface area contributed by atoms with Crippen molar-refractivity contribution in [2.45, 2.75) is 38.2 Å². The molecule has 8 heteroatoms. The Labute approximate surface area is 127 Å². The van der Waals surface area contributed by atoms with Crippen LogP contribution in [0.1, 0.15) is 35.7 Å². The molecule has 0 N–H and O–H groups in total. The second-order valence-corrected chi connectivity index (χ2v) is 5.99. The summed E-state index contributed by atoms with van der Waals surface area (Å²) in [6.07, 6.45) is 0. The van der Waals surface area contributed by atoms with Crippen molar-refractivity contribution in [3.05, 3.63) is 23.2 Å². The Bertz CT molecular complexity index is 621. The maximum absolute atomic E-state index is 11.5. The number of aryl methyl sites for hydroxylation is 1. The molecule has 2 aromatic rings. The van der Waals surface area contributed by atoms with E-state index in [2.05, 4.69) is 34.1 Å². The number of esters is 1. The van der Waals surface area contributed by atoms with Crippen LogP contribution in [-0.4, -0.2) is 33.3 Å². The average molecular weight is 310 g/mol. The fourth-order valence-corrected chi connectivity index (χ4v) is 2.58. The standard InChI is InChI=1S/C13H18N4O3S/c1-8(2)6-17-13(14-15-16-17)21-7-10-5-9(3)11(20-10)12(18)19-4/h5,8H,6-7H2,1-4H3. The molecule has 0 aliphatic carbocycles. The maximum Gasteiger partial charge on any atom is 0.374 e. The number of carbonyl (C=O) groups excluding carboxylic acids is 1. The third-order valence-corrected chi connectivity index (χ3v) is 3.70. The molecule has 2 aromatic heterocycles. The number of nitrogens with zero attached hydrogens (tertiary/aromatic N) is 4. The summed E-state index contributed by atoms with van der Waals surface area (Å²) in [5.41, 5.74) is 0.763. The van der Waals surface area contributed by atoms with E-state index in [4.69, 9.17) is 4.42 Å². The Hall–Kier alpha value is -1.83. The molecule has 0 unspecified atom stereocenters. The third-order valence-electron chi connectivity index (χ3n) is 2.72. The fraction of sp³-hybridized carbons (Fsp3) is 0.538. The van der Waals surface area contributed by atoms with Crippen LogP contribution in [-0.2, 0) is 17.0 Å². The van der Waals surface area contributed by atoms with E-state index in [0.717, 1.165) is 17.3 Å². The van der Waals surface area contributed by atoms with E-state index in [0.29, 0.717) is 17.4 Å². The molecule has 0 aromatic carbocycles. The van der Waals surface area contributed by atoms with Crippen LogP contribution in [0.2, 0.25) is 0 Å². The molecular weight excluding hydrogens is 292 g/mol. The number of tetrazole rings is 1. The van der Waals surface area contributed by atoms with Crippen LogP contribution in [0.5, 0.6) is 0 Å². The molecule has 0 saturated heterocycles. The van der Waals surface area contributed by atoms with Gasteiger partial charge in [0.15, 0.2) is 0 Å². The van der Waals surface area contributed by atoms with E-state index < -0.39 is 5.97 Å². The van der Waals surface area contributed by atoms with Crippen molar-refractivity contribution in [2.75, 3.05) is 7.11 Å². The highest BCUT2D eigenvalue weighted by Crippen LogP contribution is 2.24. The molecule has 2 rings (SSSR count). The number of carbonyl (C=O) groups is 1. The molecule has 2 heterocycles. The molecule has 114 valence electrons. The molecule has 0 saturated carbocycles. The van der Waals surface area contributed by atoms with Gasteiger partial charge in [0.05, 0.1) is 12.9 Å². The summed E-state index contributed by atoms with van der Waals surface area (Å²) in [7, 11) is 1.33. The normalized spacial score (nSPS) is 11.1. The number of hydrogen-bond acceptors (Lipinski definition) is 7. The average Bonchev–Trinajstić information content (AvgIpc) is 3.01. The lowest BCUT2D eigenvalue weighted by Gasteiger charge is -2.05. The summed E-state index contributed by atoms with van der Waals surface area (Å²) >= 11 is 1.47. The molecule has 0 radical (unpaired) electrons. The summed E-state index contributed by atoms with van der Waals surface area (Å²) in [6, 6.07) is 1.83. The van der Waals surface area contributed by atoms with Gasteiger partial charge in [-0.15, -0.1) is 5.10 Å². The van der Waals surface area contributed by atoms with Gasteiger partial charge in [0, 0.05) is 12.1 Å². The minimum absolute atomic E-state index is 0.245. The molecule has 21 heavy (non-hydrogen) atoms. The van der Waals surface area contributed by atoms with Gasteiger partial charge < -0.3 is 9.15 Å². The number of rotatable bonds is 6. The Morgan fingerprint density at radius 1 is 1.52 bits per heavy atom. The predicted molar refractivity (Wildman–Crippen MR) is 77.0 cm³/mol. The zero-order valence-electron chi connectivity index (χ0n) is 12.5. The molecule has 0 atom stereocenters. The lowest BCUT2D eigenvalue weighted by molar-refractivity contribution is 0.0562. The summed E-state index contributed by atoms with van der Waals surface area (Å²) in [4.78, 5) is 11.5. The van der Waals surface area contributed by atoms with Crippen LogP contribution >= 0.6 is 11.8 Å². The van der Waals surface area contributed by atoms with Crippen LogP contribution in [0.4, 0.5) is 0 Å². The van der Waals surface area contributed by atoms with Crippen LogP contribution in [0.25, 0.3) is 0 Å². The van der Waals surface area contributed by atoms with Crippen molar-refractivity contribution in [2.24, 2.45) is 5.92 Å². The SMILES string of the molecule is COC(=O)c1oc(CSc2nnnn2CC(C)C)cc1C. The smallest absolute Gasteiger partial charge is 0.374 e. The van der Waals surface area contributed by atoms with Gasteiger partial charge >= 0.3 is 5.97 Å². The van der Waals surface area contributed by atoms with E-state index in [1.165, 1.54) is 18.9 Å². The van der Waals surface area contributed by atoms with Crippen molar-refractivity contribution in [3.8, 4) is 0 Å². The molecule has 0 spiro atoms. The van der Waals surface area contributed by atoms with Gasteiger partial charge in [0.2, 0.25) is 10.9 Å². The Morgan fingerprint density at radius 3 is 2.95 bits per heavy atom. The highest BCUT2D eigenvalue weighted by atomic mass is 32.2. The van der Waals surface area contributed by atoms with Gasteiger partial charge in [0.1, 0.15) is 5.76 Å². The van der Waals surface area contributed by atoms with Crippen LogP contribution in [0.15, 0.2) is 15.6 Å². The lowest BCUT2D eigenvalue weighted by atomic mass is 10.2. The summed E-state index contributed by atoms with van der Waals surface area (Å²) in [6.45, 7) is 6.79. The fourth-order valence-electron chi connectivity index (χ4n) is 1.81. The predicted octanol–water partition coefficient (Wildman–Crippen LogP) is 2.31. The van der Waals surface area contributed by atoms with Gasteiger partial charge in [-0.3, -0.25) is 0 Å². The topological polar surface area (TPSA) is 83.0 Å². The highest BCUT2D eigenvalue weighted by Gasteiger charge is 2.17. The molecule has 0 bridgehead atoms. The number of ether oxygens (including phenoxy) is 1. The van der Waals surface area contributed by atoms with Crippen molar-refractivity contribution < 1.29 is 13.9 Å². The first-order valence-electron chi connectivity index (χ1n) is 6.57. The summed E-state index contributed by atoms with van der Waals surface area (Å²) < 4.78 is 12.0. The summed E-state index contributed by atoms with van der Waals surface area (Å²) in [5, 5.41) is 12.4. The number of furan rings is 1. The van der Waals surface area contributed by atoms with E-state index >= 15 is 0 Å². The minimum atomic E-state index is -0.464. The quantitative estimate of drug-likeness (QED) is 0.598. The molecule has 0 amide bonds. The highest BCUT2D eigenvalue weighted by molar-refractivity contribution is 7.98. The van der Waals surface area contributed by atoms with Crippen LogP contribution in [0, 0.1) is 12.8 Å². The third kappa shape index (κ3) is 3.84. The number of methoxy groups -OCH3 is 1. The van der Waals surface area contributed by atoms with Gasteiger partial charge in [-0.05, 0) is 29.3 Å². The van der Waals surface area contributed by atoms with Crippen molar-refractivity contribution >= 4 is 17.7 Å². The first-order valence-corrected chi connectivity index (χ1v) is 7.56. The van der Waals surface area contributed by atoms with E-state index in [1.807, 2.05) is 13.0 Å². The zero-order valence-corrected chi connectivity index (χ0v) is 13.3. The minimum Gasteiger partial charge on any atom is -0.463 e. The van der Waals surface area contributed by atoms with Gasteiger partial charge in [-0.25, -0.2) is 9.48 Å². The second-order valence-electron chi connectivity index (χ2n) is 5.04. The molecule has 0 aliphatic rings. The molecule has 7 nitrogen and oxygen atoms in total. The largest absolute Gasteiger partial charge is 0.463 e. The summed E-state index contributed by atoms with van der Waals surface area (Å²) in [5.74, 6) is 1.49. The van der Waals surface area contributed by atoms with E-state index in [9.17, 15) is 4.79 Å². The van der Waals surface area contributed by atoms with Crippen LogP contribution in [0.3, 0.4) is 0 Å². The number of thioether (sulfide) groups is 1. The van der Waals surface area contributed by atoms with E-state index in [-0.39, 0.29) is 5.76 Å². The number of hydrogen-bond donors (Lipinski definition) is 0. The van der Waals surface area contributed by atoms with Gasteiger partial charge in [-0.1, -0.05) is 25.6 Å². The van der Waals surface area contributed by atoms with Crippen LogP contribution < -0.4 is 0 Å². The Morgan fingerprint density at radius 2 is 2.29 bits per heavy atom. The lowest BCUT2D eigenvalue weighted by Crippen LogP contribution is -2.07. The Balaban J connectivity index is 2.04. The monoisotopic (exact) mass is 310 g/mol. The van der Waals surface area contributed by atoms with E-state index in [1.54, 1.807) is 4.68 Å². The van der Waals surface area contributed by atoms with Crippen molar-refractivity contribution in [3.63, 3.8) is 0 Å². The van der Waals surface area contributed by atoms with Gasteiger partial charge in [0.25, 0.3) is 0 Å². The molecular formula is C13H18N4O3S. The van der Waals surface area contributed by atoms with Gasteiger partial charge in [-0.2, -0.15) is 0 Å². The van der Waals surface area contributed by atoms with Crippen molar-refractivity contribution in [1.29, 1.82) is 0 Å². The van der Waals surface area contributed by atoms with Crippen molar-refractivity contribution in [1.82, 2.24) is 20.2 Å². The molecule has 0 fully saturated rings. The maximum atomic E-state index is 11.5. The second kappa shape index (κ2) is 6.75. The molecule has 0 aliphatic heterocycles.